The van der Waals surface area contributed by atoms with E-state index in [9.17, 15) is 18.0 Å². The van der Waals surface area contributed by atoms with Gasteiger partial charge in [0.25, 0.3) is 0 Å². The topological polar surface area (TPSA) is 65.2 Å². The summed E-state index contributed by atoms with van der Waals surface area (Å²) in [5.74, 6) is -0.916. The second-order valence-corrected chi connectivity index (χ2v) is 3.96. The highest BCUT2D eigenvalue weighted by molar-refractivity contribution is 6.33. The molecule has 9 heteroatoms. The Labute approximate surface area is 115 Å². The maximum Gasteiger partial charge on any atom is 0.433 e. The first kappa shape index (κ1) is 14.3. The molecule has 0 amide bonds. The predicted octanol–water partition coefficient (Wildman–Crippen LogP) is 3.10. The Morgan fingerprint density at radius 1 is 1.40 bits per heavy atom. The maximum atomic E-state index is 12.5. The first-order valence-electron chi connectivity index (χ1n) is 5.16. The van der Waals surface area contributed by atoms with Crippen molar-refractivity contribution in [1.29, 1.82) is 0 Å². The molecule has 0 saturated heterocycles. The van der Waals surface area contributed by atoms with Gasteiger partial charge in [-0.3, -0.25) is 4.98 Å². The first-order chi connectivity index (χ1) is 9.38. The average Bonchev–Trinajstić information content (AvgIpc) is 2.88. The molecule has 2 aromatic rings. The van der Waals surface area contributed by atoms with Gasteiger partial charge < -0.3 is 9.15 Å². The number of pyridine rings is 1. The van der Waals surface area contributed by atoms with Gasteiger partial charge in [-0.25, -0.2) is 9.78 Å². The van der Waals surface area contributed by atoms with Crippen molar-refractivity contribution < 1.29 is 27.1 Å². The quantitative estimate of drug-likeness (QED) is 0.815. The highest BCUT2D eigenvalue weighted by atomic mass is 35.5. The SMILES string of the molecule is O=C(OCc1ncco1)c1cc(C(F)(F)F)ncc1Cl. The fourth-order valence-electron chi connectivity index (χ4n) is 1.28. The fourth-order valence-corrected chi connectivity index (χ4v) is 1.46. The van der Waals surface area contributed by atoms with Crippen LogP contribution in [0.15, 0.2) is 29.1 Å². The second kappa shape index (κ2) is 5.49. The molecule has 0 bridgehead atoms. The van der Waals surface area contributed by atoms with Crippen molar-refractivity contribution in [1.82, 2.24) is 9.97 Å². The first-order valence-corrected chi connectivity index (χ1v) is 5.54. The molecular formula is C11H6ClF3N2O3. The Bertz CT molecular complexity index is 614. The summed E-state index contributed by atoms with van der Waals surface area (Å²) in [6, 6.07) is 0.528. The van der Waals surface area contributed by atoms with E-state index in [-0.39, 0.29) is 17.5 Å². The molecule has 2 heterocycles. The van der Waals surface area contributed by atoms with Gasteiger partial charge in [-0.1, -0.05) is 11.6 Å². The Hall–Kier alpha value is -2.09. The van der Waals surface area contributed by atoms with Crippen LogP contribution in [0.5, 0.6) is 0 Å². The zero-order valence-corrected chi connectivity index (χ0v) is 10.4. The third-order valence-corrected chi connectivity index (χ3v) is 2.48. The van der Waals surface area contributed by atoms with Gasteiger partial charge in [0.1, 0.15) is 12.0 Å². The third kappa shape index (κ3) is 3.27. The van der Waals surface area contributed by atoms with Gasteiger partial charge in [0.2, 0.25) is 5.89 Å². The number of oxazole rings is 1. The number of nitrogens with zero attached hydrogens (tertiary/aromatic N) is 2. The van der Waals surface area contributed by atoms with Gasteiger partial charge in [0.05, 0.1) is 16.8 Å². The Balaban J connectivity index is 2.16. The van der Waals surface area contributed by atoms with Crippen LogP contribution < -0.4 is 0 Å². The lowest BCUT2D eigenvalue weighted by molar-refractivity contribution is -0.141. The number of ether oxygens (including phenoxy) is 1. The van der Waals surface area contributed by atoms with E-state index < -0.39 is 23.4 Å². The number of hydrogen-bond donors (Lipinski definition) is 0. The molecule has 2 rings (SSSR count). The molecule has 2 aromatic heterocycles. The number of aromatic nitrogens is 2. The van der Waals surface area contributed by atoms with Crippen molar-refractivity contribution in [3.05, 3.63) is 46.9 Å². The molecule has 0 unspecified atom stereocenters. The van der Waals surface area contributed by atoms with E-state index in [2.05, 4.69) is 9.97 Å². The molecule has 0 aliphatic heterocycles. The lowest BCUT2D eigenvalue weighted by Gasteiger charge is -2.08. The molecule has 0 spiro atoms. The summed E-state index contributed by atoms with van der Waals surface area (Å²) < 4.78 is 47.0. The highest BCUT2D eigenvalue weighted by Gasteiger charge is 2.33. The largest absolute Gasteiger partial charge is 0.452 e. The van der Waals surface area contributed by atoms with Crippen molar-refractivity contribution in [2.45, 2.75) is 12.8 Å². The van der Waals surface area contributed by atoms with Crippen LogP contribution in [0, 0.1) is 0 Å². The summed E-state index contributed by atoms with van der Waals surface area (Å²) in [6.07, 6.45) is -1.33. The zero-order chi connectivity index (χ0) is 14.8. The number of esters is 1. The molecule has 106 valence electrons. The number of rotatable bonds is 3. The molecule has 20 heavy (non-hydrogen) atoms. The third-order valence-electron chi connectivity index (χ3n) is 2.18. The monoisotopic (exact) mass is 306 g/mol. The number of halogens is 4. The summed E-state index contributed by atoms with van der Waals surface area (Å²) >= 11 is 5.63. The normalized spacial score (nSPS) is 11.4. The van der Waals surface area contributed by atoms with Gasteiger partial charge in [0, 0.05) is 6.20 Å². The molecule has 0 aromatic carbocycles. The van der Waals surface area contributed by atoms with Crippen molar-refractivity contribution in [2.75, 3.05) is 0 Å². The molecular weight excluding hydrogens is 301 g/mol. The number of alkyl halides is 3. The number of carbonyl (C=O) groups excluding carboxylic acids is 1. The Morgan fingerprint density at radius 3 is 2.75 bits per heavy atom. The smallest absolute Gasteiger partial charge is 0.433 e. The fraction of sp³-hybridized carbons (Fsp3) is 0.182. The predicted molar refractivity (Wildman–Crippen MR) is 59.9 cm³/mol. The van der Waals surface area contributed by atoms with E-state index >= 15 is 0 Å². The van der Waals surface area contributed by atoms with Crippen molar-refractivity contribution >= 4 is 17.6 Å². The standard InChI is InChI=1S/C11H6ClF3N2O3/c12-7-4-17-8(11(13,14)15)3-6(7)10(18)20-5-9-16-1-2-19-9/h1-4H,5H2. The van der Waals surface area contributed by atoms with Gasteiger partial charge in [0.15, 0.2) is 6.61 Å². The van der Waals surface area contributed by atoms with Crippen LogP contribution in [0.2, 0.25) is 5.02 Å². The molecule has 0 aliphatic rings. The molecule has 0 saturated carbocycles. The summed E-state index contributed by atoms with van der Waals surface area (Å²) in [7, 11) is 0. The van der Waals surface area contributed by atoms with E-state index in [1.165, 1.54) is 12.5 Å². The summed E-state index contributed by atoms with van der Waals surface area (Å²) in [5, 5.41) is -0.240. The van der Waals surface area contributed by atoms with Gasteiger partial charge >= 0.3 is 12.1 Å². The van der Waals surface area contributed by atoms with E-state index in [4.69, 9.17) is 20.8 Å². The van der Waals surface area contributed by atoms with Crippen LogP contribution in [0.1, 0.15) is 21.9 Å². The minimum Gasteiger partial charge on any atom is -0.452 e. The Kier molecular flexibility index (Phi) is 3.93. The minimum absolute atomic E-state index is 0.111. The van der Waals surface area contributed by atoms with Gasteiger partial charge in [-0.15, -0.1) is 0 Å². The van der Waals surface area contributed by atoms with Crippen LogP contribution in [0.25, 0.3) is 0 Å². The van der Waals surface area contributed by atoms with Crippen LogP contribution in [0.4, 0.5) is 13.2 Å². The van der Waals surface area contributed by atoms with Gasteiger partial charge in [-0.2, -0.15) is 13.2 Å². The maximum absolute atomic E-state index is 12.5. The van der Waals surface area contributed by atoms with E-state index in [1.54, 1.807) is 0 Å². The average molecular weight is 307 g/mol. The van der Waals surface area contributed by atoms with Crippen LogP contribution in [-0.4, -0.2) is 15.9 Å². The summed E-state index contributed by atoms with van der Waals surface area (Å²) in [6.45, 7) is -0.314. The second-order valence-electron chi connectivity index (χ2n) is 3.55. The van der Waals surface area contributed by atoms with E-state index in [0.29, 0.717) is 6.07 Å². The minimum atomic E-state index is -4.68. The van der Waals surface area contributed by atoms with E-state index in [1.807, 2.05) is 0 Å². The van der Waals surface area contributed by atoms with Gasteiger partial charge in [-0.05, 0) is 6.07 Å². The number of hydrogen-bond acceptors (Lipinski definition) is 5. The van der Waals surface area contributed by atoms with Crippen molar-refractivity contribution in [3.63, 3.8) is 0 Å². The molecule has 0 N–H and O–H groups in total. The lowest BCUT2D eigenvalue weighted by atomic mass is 10.2. The summed E-state index contributed by atoms with van der Waals surface area (Å²) in [5.41, 5.74) is -1.66. The number of carbonyl (C=O) groups is 1. The molecule has 0 fully saturated rings. The summed E-state index contributed by atoms with van der Waals surface area (Å²) in [4.78, 5) is 18.5. The Morgan fingerprint density at radius 2 is 2.15 bits per heavy atom. The van der Waals surface area contributed by atoms with Crippen molar-refractivity contribution in [2.24, 2.45) is 0 Å². The van der Waals surface area contributed by atoms with Crippen molar-refractivity contribution in [3.8, 4) is 0 Å². The highest BCUT2D eigenvalue weighted by Crippen LogP contribution is 2.30. The van der Waals surface area contributed by atoms with Crippen LogP contribution >= 0.6 is 11.6 Å². The van der Waals surface area contributed by atoms with Crippen LogP contribution in [-0.2, 0) is 17.5 Å². The molecule has 0 aliphatic carbocycles. The zero-order valence-electron chi connectivity index (χ0n) is 9.65. The van der Waals surface area contributed by atoms with E-state index in [0.717, 1.165) is 6.20 Å². The van der Waals surface area contributed by atoms with Crippen LogP contribution in [0.3, 0.4) is 0 Å². The molecule has 5 nitrogen and oxygen atoms in total. The molecule has 0 atom stereocenters. The molecule has 0 radical (unpaired) electrons. The lowest BCUT2D eigenvalue weighted by Crippen LogP contribution is -2.12.